The molecule has 0 fully saturated rings. The van der Waals surface area contributed by atoms with E-state index in [1.807, 2.05) is 85.1 Å². The lowest BCUT2D eigenvalue weighted by Crippen LogP contribution is -2.24. The Morgan fingerprint density at radius 2 is 1.68 bits per heavy atom. The van der Waals surface area contributed by atoms with E-state index in [4.69, 9.17) is 14.5 Å². The number of aromatic nitrogens is 3. The van der Waals surface area contributed by atoms with Gasteiger partial charge in [0, 0.05) is 17.5 Å². The largest absolute Gasteiger partial charge is 0.454 e. The van der Waals surface area contributed by atoms with Crippen molar-refractivity contribution in [3.63, 3.8) is 0 Å². The molecule has 5 aromatic rings. The van der Waals surface area contributed by atoms with Crippen LogP contribution in [0, 0.1) is 0 Å². The standard InChI is InChI=1S/C27H21N3O3S/c31-26-25-24(21(14-28-25)20-9-5-2-6-10-20)29-27(30(26)15-18-7-3-1-4-8-18)34-16-19-11-12-22-23(13-19)33-17-32-22/h1-14,28H,15-17H2. The Hall–Kier alpha value is -3.97. The first-order chi connectivity index (χ1) is 16.8. The van der Waals surface area contributed by atoms with Crippen molar-refractivity contribution in [3.05, 3.63) is 107 Å². The predicted octanol–water partition coefficient (Wildman–Crippen LogP) is 5.46. The maximum atomic E-state index is 13.6. The Morgan fingerprint density at radius 3 is 2.50 bits per heavy atom. The van der Waals surface area contributed by atoms with Gasteiger partial charge in [0.15, 0.2) is 16.7 Å². The third-order valence-electron chi connectivity index (χ3n) is 5.82. The first kappa shape index (κ1) is 20.6. The Balaban J connectivity index is 1.42. The quantitative estimate of drug-likeness (QED) is 0.265. The normalized spacial score (nSPS) is 12.4. The number of H-pyrrole nitrogens is 1. The summed E-state index contributed by atoms with van der Waals surface area (Å²) in [7, 11) is 0. The molecular weight excluding hydrogens is 446 g/mol. The molecular formula is C27H21N3O3S. The zero-order chi connectivity index (χ0) is 22.9. The monoisotopic (exact) mass is 467 g/mol. The van der Waals surface area contributed by atoms with Gasteiger partial charge in [-0.3, -0.25) is 9.36 Å². The molecule has 168 valence electrons. The van der Waals surface area contributed by atoms with E-state index in [0.717, 1.165) is 33.8 Å². The Labute approximate surface area is 200 Å². The van der Waals surface area contributed by atoms with Gasteiger partial charge >= 0.3 is 0 Å². The summed E-state index contributed by atoms with van der Waals surface area (Å²) in [6.07, 6.45) is 1.87. The Bertz CT molecular complexity index is 1530. The lowest BCUT2D eigenvalue weighted by molar-refractivity contribution is 0.174. The number of hydrogen-bond donors (Lipinski definition) is 1. The van der Waals surface area contributed by atoms with Gasteiger partial charge in [-0.15, -0.1) is 0 Å². The van der Waals surface area contributed by atoms with Crippen molar-refractivity contribution in [3.8, 4) is 22.6 Å². The number of rotatable bonds is 6. The number of hydrogen-bond acceptors (Lipinski definition) is 5. The molecule has 0 radical (unpaired) electrons. The molecule has 3 heterocycles. The van der Waals surface area contributed by atoms with Gasteiger partial charge in [0.2, 0.25) is 6.79 Å². The van der Waals surface area contributed by atoms with Crippen molar-refractivity contribution in [2.24, 2.45) is 0 Å². The zero-order valence-corrected chi connectivity index (χ0v) is 19.0. The molecule has 0 spiro atoms. The van der Waals surface area contributed by atoms with Crippen LogP contribution in [-0.2, 0) is 12.3 Å². The van der Waals surface area contributed by atoms with E-state index >= 15 is 0 Å². The second kappa shape index (κ2) is 8.76. The van der Waals surface area contributed by atoms with Crippen LogP contribution in [0.4, 0.5) is 0 Å². The summed E-state index contributed by atoms with van der Waals surface area (Å²) in [6.45, 7) is 0.697. The highest BCUT2D eigenvalue weighted by molar-refractivity contribution is 7.98. The summed E-state index contributed by atoms with van der Waals surface area (Å²) < 4.78 is 12.7. The van der Waals surface area contributed by atoms with Crippen molar-refractivity contribution in [2.75, 3.05) is 6.79 Å². The van der Waals surface area contributed by atoms with E-state index < -0.39 is 0 Å². The molecule has 6 rings (SSSR count). The number of thioether (sulfide) groups is 1. The average molecular weight is 468 g/mol. The number of benzene rings is 3. The number of ether oxygens (including phenoxy) is 2. The topological polar surface area (TPSA) is 69.1 Å². The second-order valence-electron chi connectivity index (χ2n) is 8.04. The third-order valence-corrected chi connectivity index (χ3v) is 6.87. The molecule has 1 aliphatic rings. The first-order valence-electron chi connectivity index (χ1n) is 11.0. The number of nitrogens with one attached hydrogen (secondary N) is 1. The molecule has 2 aromatic heterocycles. The molecule has 0 saturated heterocycles. The summed E-state index contributed by atoms with van der Waals surface area (Å²) in [6, 6.07) is 25.9. The van der Waals surface area contributed by atoms with Crippen molar-refractivity contribution in [1.82, 2.24) is 14.5 Å². The molecule has 34 heavy (non-hydrogen) atoms. The van der Waals surface area contributed by atoms with E-state index in [9.17, 15) is 4.79 Å². The summed E-state index contributed by atoms with van der Waals surface area (Å²) in [5.41, 5.74) is 5.19. The number of nitrogens with zero attached hydrogens (tertiary/aromatic N) is 2. The summed E-state index contributed by atoms with van der Waals surface area (Å²) >= 11 is 1.54. The molecule has 6 nitrogen and oxygen atoms in total. The van der Waals surface area contributed by atoms with E-state index in [0.29, 0.717) is 28.5 Å². The molecule has 0 atom stereocenters. The Morgan fingerprint density at radius 1 is 0.912 bits per heavy atom. The van der Waals surface area contributed by atoms with Gasteiger partial charge in [0.05, 0.1) is 6.54 Å². The summed E-state index contributed by atoms with van der Waals surface area (Å²) in [5.74, 6) is 2.16. The second-order valence-corrected chi connectivity index (χ2v) is 8.98. The average Bonchev–Trinajstić information content (AvgIpc) is 3.53. The summed E-state index contributed by atoms with van der Waals surface area (Å²) in [4.78, 5) is 21.8. The van der Waals surface area contributed by atoms with Crippen LogP contribution in [0.3, 0.4) is 0 Å². The van der Waals surface area contributed by atoms with Gasteiger partial charge in [0.1, 0.15) is 11.0 Å². The highest BCUT2D eigenvalue weighted by Crippen LogP contribution is 2.35. The van der Waals surface area contributed by atoms with Crippen molar-refractivity contribution < 1.29 is 9.47 Å². The van der Waals surface area contributed by atoms with Gasteiger partial charge in [0.25, 0.3) is 5.56 Å². The van der Waals surface area contributed by atoms with Gasteiger partial charge < -0.3 is 14.5 Å². The zero-order valence-electron chi connectivity index (χ0n) is 18.2. The van der Waals surface area contributed by atoms with Gasteiger partial charge in [-0.1, -0.05) is 78.5 Å². The van der Waals surface area contributed by atoms with Crippen molar-refractivity contribution in [2.45, 2.75) is 17.5 Å². The van der Waals surface area contributed by atoms with E-state index in [-0.39, 0.29) is 12.4 Å². The SMILES string of the molecule is O=c1c2[nH]cc(-c3ccccc3)c2nc(SCc2ccc3c(c2)OCO3)n1Cc1ccccc1. The molecule has 0 aliphatic carbocycles. The van der Waals surface area contributed by atoms with Gasteiger partial charge in [-0.25, -0.2) is 4.98 Å². The molecule has 7 heteroatoms. The highest BCUT2D eigenvalue weighted by Gasteiger charge is 2.18. The number of fused-ring (bicyclic) bond motifs is 2. The third kappa shape index (κ3) is 3.84. The van der Waals surface area contributed by atoms with Crippen LogP contribution in [0.1, 0.15) is 11.1 Å². The molecule has 0 amide bonds. The fourth-order valence-electron chi connectivity index (χ4n) is 4.10. The van der Waals surface area contributed by atoms with Crippen molar-refractivity contribution in [1.29, 1.82) is 0 Å². The smallest absolute Gasteiger partial charge is 0.278 e. The van der Waals surface area contributed by atoms with Gasteiger partial charge in [-0.2, -0.15) is 0 Å². The van der Waals surface area contributed by atoms with Gasteiger partial charge in [-0.05, 0) is 28.8 Å². The van der Waals surface area contributed by atoms with Crippen LogP contribution < -0.4 is 15.0 Å². The van der Waals surface area contributed by atoms with Crippen molar-refractivity contribution >= 4 is 22.8 Å². The fraction of sp³-hybridized carbons (Fsp3) is 0.111. The van der Waals surface area contributed by atoms with E-state index in [1.165, 1.54) is 0 Å². The molecule has 1 N–H and O–H groups in total. The maximum Gasteiger partial charge on any atom is 0.278 e. The molecule has 3 aromatic carbocycles. The molecule has 1 aliphatic heterocycles. The van der Waals surface area contributed by atoms with E-state index in [1.54, 1.807) is 16.3 Å². The van der Waals surface area contributed by atoms with Crippen LogP contribution in [-0.4, -0.2) is 21.3 Å². The number of aromatic amines is 1. The van der Waals surface area contributed by atoms with E-state index in [2.05, 4.69) is 4.98 Å². The highest BCUT2D eigenvalue weighted by atomic mass is 32.2. The van der Waals surface area contributed by atoms with Crippen LogP contribution in [0.5, 0.6) is 11.5 Å². The van der Waals surface area contributed by atoms with Crippen LogP contribution in [0.25, 0.3) is 22.2 Å². The Kier molecular flexibility index (Phi) is 5.31. The first-order valence-corrected chi connectivity index (χ1v) is 12.0. The molecule has 0 bridgehead atoms. The minimum atomic E-state index is -0.0794. The summed E-state index contributed by atoms with van der Waals surface area (Å²) in [5, 5.41) is 0.677. The van der Waals surface area contributed by atoms with Crippen LogP contribution in [0.15, 0.2) is 95.0 Å². The minimum absolute atomic E-state index is 0.0794. The minimum Gasteiger partial charge on any atom is -0.454 e. The predicted molar refractivity (Wildman–Crippen MR) is 133 cm³/mol. The fourth-order valence-corrected chi connectivity index (χ4v) is 5.04. The van der Waals surface area contributed by atoms with Crippen LogP contribution >= 0.6 is 11.8 Å². The maximum absolute atomic E-state index is 13.6. The lowest BCUT2D eigenvalue weighted by atomic mass is 10.1. The molecule has 0 unspecified atom stereocenters. The molecule has 0 saturated carbocycles. The van der Waals surface area contributed by atoms with Crippen LogP contribution in [0.2, 0.25) is 0 Å². The lowest BCUT2D eigenvalue weighted by Gasteiger charge is -2.13.